The van der Waals surface area contributed by atoms with Crippen LogP contribution in [0.15, 0.2) is 46.5 Å². The minimum Gasteiger partial charge on any atom is -0.351 e. The van der Waals surface area contributed by atoms with Crippen LogP contribution in [0.2, 0.25) is 0 Å². The Kier molecular flexibility index (Phi) is 6.36. The lowest BCUT2D eigenvalue weighted by Gasteiger charge is -2.05. The molecule has 1 aromatic carbocycles. The first-order chi connectivity index (χ1) is 13.0. The molecule has 2 heterocycles. The molecule has 2 N–H and O–H groups in total. The molecular formula is C20H21N3O2S2. The second-order valence-corrected chi connectivity index (χ2v) is 8.02. The Morgan fingerprint density at radius 3 is 2.56 bits per heavy atom. The zero-order chi connectivity index (χ0) is 19.2. The third-order valence-corrected chi connectivity index (χ3v) is 5.49. The zero-order valence-electron chi connectivity index (χ0n) is 15.2. The summed E-state index contributed by atoms with van der Waals surface area (Å²) in [6, 6.07) is 10.1. The molecule has 7 heteroatoms. The molecule has 5 nitrogen and oxygen atoms in total. The number of carbonyl (C=O) groups is 2. The number of nitrogens with zero attached hydrogens (tertiary/aromatic N) is 1. The van der Waals surface area contributed by atoms with Crippen molar-refractivity contribution in [1.29, 1.82) is 0 Å². The van der Waals surface area contributed by atoms with E-state index in [4.69, 9.17) is 0 Å². The lowest BCUT2D eigenvalue weighted by Crippen LogP contribution is -2.27. The minimum absolute atomic E-state index is 0.162. The first-order valence-corrected chi connectivity index (χ1v) is 10.5. The third kappa shape index (κ3) is 5.24. The number of benzene rings is 1. The van der Waals surface area contributed by atoms with Gasteiger partial charge in [0, 0.05) is 34.9 Å². The van der Waals surface area contributed by atoms with Gasteiger partial charge in [-0.15, -0.1) is 11.3 Å². The molecule has 0 aliphatic rings. The van der Waals surface area contributed by atoms with Gasteiger partial charge in [-0.3, -0.25) is 9.59 Å². The summed E-state index contributed by atoms with van der Waals surface area (Å²) in [4.78, 5) is 28.4. The van der Waals surface area contributed by atoms with Crippen LogP contribution in [0.5, 0.6) is 0 Å². The molecular weight excluding hydrogens is 378 g/mol. The Morgan fingerprint density at radius 1 is 1.11 bits per heavy atom. The van der Waals surface area contributed by atoms with E-state index in [-0.39, 0.29) is 24.8 Å². The Labute approximate surface area is 166 Å². The molecule has 0 aliphatic heterocycles. The standard InChI is InChI=1S/C20H21N3O2S2/c1-13(2)14-3-5-15(6-4-14)17-12-27-20(22-17)23-18(24)7-9-21-19(25)16-8-10-26-11-16/h3-6,8,10-13H,7,9H2,1-2H3,(H,21,25)(H,22,23,24). The fourth-order valence-electron chi connectivity index (χ4n) is 2.47. The van der Waals surface area contributed by atoms with Crippen molar-refractivity contribution in [1.82, 2.24) is 10.3 Å². The molecule has 3 aromatic rings. The molecule has 2 amide bonds. The van der Waals surface area contributed by atoms with Gasteiger partial charge >= 0.3 is 0 Å². The first-order valence-electron chi connectivity index (χ1n) is 8.69. The number of thiazole rings is 1. The monoisotopic (exact) mass is 399 g/mol. The largest absolute Gasteiger partial charge is 0.351 e. The molecule has 0 saturated carbocycles. The number of hydrogen-bond acceptors (Lipinski definition) is 5. The summed E-state index contributed by atoms with van der Waals surface area (Å²) < 4.78 is 0. The van der Waals surface area contributed by atoms with E-state index >= 15 is 0 Å². The van der Waals surface area contributed by atoms with Crippen molar-refractivity contribution >= 4 is 39.6 Å². The van der Waals surface area contributed by atoms with Gasteiger partial charge in [0.25, 0.3) is 5.91 Å². The SMILES string of the molecule is CC(C)c1ccc(-c2csc(NC(=O)CCNC(=O)c3ccsc3)n2)cc1. The molecule has 0 aliphatic carbocycles. The van der Waals surface area contributed by atoms with E-state index in [9.17, 15) is 9.59 Å². The van der Waals surface area contributed by atoms with E-state index in [0.717, 1.165) is 11.3 Å². The van der Waals surface area contributed by atoms with Crippen LogP contribution in [0.1, 0.15) is 42.1 Å². The number of hydrogen-bond donors (Lipinski definition) is 2. The Hall–Kier alpha value is -2.51. The Bertz CT molecular complexity index is 900. The molecule has 2 aromatic heterocycles. The summed E-state index contributed by atoms with van der Waals surface area (Å²) in [6.45, 7) is 4.61. The van der Waals surface area contributed by atoms with E-state index in [1.807, 2.05) is 10.8 Å². The quantitative estimate of drug-likeness (QED) is 0.602. The molecule has 0 bridgehead atoms. The normalized spacial score (nSPS) is 10.8. The number of amides is 2. The van der Waals surface area contributed by atoms with Crippen LogP contribution in [0.3, 0.4) is 0 Å². The van der Waals surface area contributed by atoms with Gasteiger partial charge in [-0.25, -0.2) is 4.98 Å². The molecule has 27 heavy (non-hydrogen) atoms. The lowest BCUT2D eigenvalue weighted by molar-refractivity contribution is -0.116. The van der Waals surface area contributed by atoms with Gasteiger partial charge in [-0.1, -0.05) is 38.1 Å². The van der Waals surface area contributed by atoms with Crippen LogP contribution in [0, 0.1) is 0 Å². The Morgan fingerprint density at radius 2 is 1.89 bits per heavy atom. The molecule has 0 fully saturated rings. The van der Waals surface area contributed by atoms with Crippen molar-refractivity contribution in [2.24, 2.45) is 0 Å². The highest BCUT2D eigenvalue weighted by atomic mass is 32.1. The average molecular weight is 400 g/mol. The van der Waals surface area contributed by atoms with Crippen LogP contribution in [-0.4, -0.2) is 23.3 Å². The fraction of sp³-hybridized carbons (Fsp3) is 0.250. The van der Waals surface area contributed by atoms with Crippen molar-refractivity contribution < 1.29 is 9.59 Å². The summed E-state index contributed by atoms with van der Waals surface area (Å²) in [5, 5.41) is 11.6. The van der Waals surface area contributed by atoms with Gasteiger partial charge in [0.1, 0.15) is 0 Å². The summed E-state index contributed by atoms with van der Waals surface area (Å²) in [5.41, 5.74) is 3.77. The summed E-state index contributed by atoms with van der Waals surface area (Å²) in [6.07, 6.45) is 0.202. The molecule has 0 unspecified atom stereocenters. The maximum atomic E-state index is 12.1. The highest BCUT2D eigenvalue weighted by Crippen LogP contribution is 2.26. The van der Waals surface area contributed by atoms with Crippen LogP contribution in [0.4, 0.5) is 5.13 Å². The lowest BCUT2D eigenvalue weighted by atomic mass is 10.0. The number of carbonyl (C=O) groups excluding carboxylic acids is 2. The number of rotatable bonds is 7. The maximum Gasteiger partial charge on any atom is 0.252 e. The van der Waals surface area contributed by atoms with Gasteiger partial charge in [-0.05, 0) is 22.9 Å². The molecule has 0 radical (unpaired) electrons. The first kappa shape index (κ1) is 19.3. The molecule has 140 valence electrons. The summed E-state index contributed by atoms with van der Waals surface area (Å²) in [5.74, 6) is 0.159. The van der Waals surface area contributed by atoms with Gasteiger partial charge in [0.05, 0.1) is 5.69 Å². The third-order valence-electron chi connectivity index (χ3n) is 4.04. The highest BCUT2D eigenvalue weighted by Gasteiger charge is 2.10. The van der Waals surface area contributed by atoms with Crippen molar-refractivity contribution in [3.8, 4) is 11.3 Å². The maximum absolute atomic E-state index is 12.1. The number of thiophene rings is 1. The van der Waals surface area contributed by atoms with Crippen molar-refractivity contribution in [3.63, 3.8) is 0 Å². The van der Waals surface area contributed by atoms with Crippen LogP contribution < -0.4 is 10.6 Å². The van der Waals surface area contributed by atoms with Crippen LogP contribution in [0.25, 0.3) is 11.3 Å². The number of anilines is 1. The van der Waals surface area contributed by atoms with Gasteiger partial charge in [0.15, 0.2) is 5.13 Å². The van der Waals surface area contributed by atoms with E-state index < -0.39 is 0 Å². The fourth-order valence-corrected chi connectivity index (χ4v) is 3.84. The van der Waals surface area contributed by atoms with Gasteiger partial charge < -0.3 is 10.6 Å². The second kappa shape index (κ2) is 8.92. The molecule has 0 saturated heterocycles. The topological polar surface area (TPSA) is 71.1 Å². The Balaban J connectivity index is 1.49. The van der Waals surface area contributed by atoms with E-state index in [1.165, 1.54) is 28.2 Å². The zero-order valence-corrected chi connectivity index (χ0v) is 16.8. The van der Waals surface area contributed by atoms with Gasteiger partial charge in [-0.2, -0.15) is 11.3 Å². The number of nitrogens with one attached hydrogen (secondary N) is 2. The van der Waals surface area contributed by atoms with E-state index in [2.05, 4.69) is 53.7 Å². The smallest absolute Gasteiger partial charge is 0.252 e. The highest BCUT2D eigenvalue weighted by molar-refractivity contribution is 7.14. The predicted molar refractivity (Wildman–Crippen MR) is 112 cm³/mol. The summed E-state index contributed by atoms with van der Waals surface area (Å²) >= 11 is 2.86. The molecule has 0 atom stereocenters. The molecule has 0 spiro atoms. The van der Waals surface area contributed by atoms with Crippen molar-refractivity contribution in [2.75, 3.05) is 11.9 Å². The number of aromatic nitrogens is 1. The van der Waals surface area contributed by atoms with Crippen LogP contribution in [-0.2, 0) is 4.79 Å². The average Bonchev–Trinajstić information content (AvgIpc) is 3.34. The van der Waals surface area contributed by atoms with Crippen LogP contribution >= 0.6 is 22.7 Å². The summed E-state index contributed by atoms with van der Waals surface area (Å²) in [7, 11) is 0. The molecule has 3 rings (SSSR count). The van der Waals surface area contributed by atoms with Crippen molar-refractivity contribution in [2.45, 2.75) is 26.2 Å². The predicted octanol–water partition coefficient (Wildman–Crippen LogP) is 4.75. The van der Waals surface area contributed by atoms with Crippen molar-refractivity contribution in [3.05, 3.63) is 57.6 Å². The second-order valence-electron chi connectivity index (χ2n) is 6.38. The van der Waals surface area contributed by atoms with E-state index in [0.29, 0.717) is 16.6 Å². The van der Waals surface area contributed by atoms with E-state index in [1.54, 1.807) is 11.4 Å². The van der Waals surface area contributed by atoms with Gasteiger partial charge in [0.2, 0.25) is 5.91 Å². The minimum atomic E-state index is -0.170.